The Balaban J connectivity index is 1.56. The van der Waals surface area contributed by atoms with Crippen LogP contribution in [0.5, 0.6) is 0 Å². The van der Waals surface area contributed by atoms with Crippen LogP contribution in [0.3, 0.4) is 0 Å². The zero-order valence-electron chi connectivity index (χ0n) is 13.1. The quantitative estimate of drug-likeness (QED) is 0.752. The molecule has 0 spiro atoms. The number of hydrogen-bond acceptors (Lipinski definition) is 5. The summed E-state index contributed by atoms with van der Waals surface area (Å²) < 4.78 is 1.93. The zero-order valence-corrected chi connectivity index (χ0v) is 14.0. The Kier molecular flexibility index (Phi) is 4.68. The molecule has 3 rings (SSSR count). The number of nitrogens with one attached hydrogen (secondary N) is 1. The molecule has 3 heterocycles. The van der Waals surface area contributed by atoms with Gasteiger partial charge in [-0.05, 0) is 37.6 Å². The van der Waals surface area contributed by atoms with Gasteiger partial charge in [-0.25, -0.2) is 0 Å². The van der Waals surface area contributed by atoms with Gasteiger partial charge in [-0.1, -0.05) is 12.1 Å². The summed E-state index contributed by atoms with van der Waals surface area (Å²) in [5, 5.41) is 13.3. The van der Waals surface area contributed by atoms with E-state index in [0.717, 1.165) is 16.3 Å². The van der Waals surface area contributed by atoms with Crippen molar-refractivity contribution in [1.82, 2.24) is 24.8 Å². The van der Waals surface area contributed by atoms with Crippen LogP contribution in [0.1, 0.15) is 23.7 Å². The predicted octanol–water partition coefficient (Wildman–Crippen LogP) is 2.10. The smallest absolute Gasteiger partial charge is 0.234 e. The van der Waals surface area contributed by atoms with Crippen LogP contribution in [0.15, 0.2) is 41.9 Å². The number of aromatic nitrogens is 3. The minimum Gasteiger partial charge on any atom is -0.348 e. The lowest BCUT2D eigenvalue weighted by molar-refractivity contribution is -0.122. The van der Waals surface area contributed by atoms with Gasteiger partial charge in [0.05, 0.1) is 19.1 Å². The molecule has 0 aliphatic carbocycles. The minimum atomic E-state index is 0.00206. The number of carbonyl (C=O) groups is 1. The van der Waals surface area contributed by atoms with E-state index in [1.165, 1.54) is 0 Å². The third-order valence-corrected chi connectivity index (χ3v) is 4.61. The zero-order chi connectivity index (χ0) is 16.2. The largest absolute Gasteiger partial charge is 0.348 e. The maximum absolute atomic E-state index is 12.2. The molecule has 0 saturated heterocycles. The molecule has 7 heteroatoms. The Hall–Kier alpha value is -2.25. The molecule has 120 valence electrons. The maximum Gasteiger partial charge on any atom is 0.234 e. The summed E-state index contributed by atoms with van der Waals surface area (Å²) in [5.74, 6) is 0.824. The molecular weight excluding hydrogens is 310 g/mol. The Morgan fingerprint density at radius 3 is 3.00 bits per heavy atom. The maximum atomic E-state index is 12.2. The number of hydrogen-bond donors (Lipinski definition) is 1. The molecule has 1 amide bonds. The van der Waals surface area contributed by atoms with Crippen molar-refractivity contribution in [3.05, 3.63) is 52.6 Å². The van der Waals surface area contributed by atoms with Gasteiger partial charge in [0.15, 0.2) is 11.5 Å². The summed E-state index contributed by atoms with van der Waals surface area (Å²) in [7, 11) is 1.90. The van der Waals surface area contributed by atoms with E-state index in [2.05, 4.69) is 15.5 Å². The van der Waals surface area contributed by atoms with Crippen molar-refractivity contribution in [2.24, 2.45) is 0 Å². The van der Waals surface area contributed by atoms with E-state index in [9.17, 15) is 4.79 Å². The van der Waals surface area contributed by atoms with Gasteiger partial charge in [-0.2, -0.15) is 0 Å². The van der Waals surface area contributed by atoms with E-state index < -0.39 is 0 Å². The highest BCUT2D eigenvalue weighted by atomic mass is 32.1. The standard InChI is InChI=1S/C16H19N5OS/c1-12(13-6-5-9-23-13)17-16(22)11-20(2)10-15-19-18-14-7-3-4-8-21(14)15/h3-9,12H,10-11H2,1-2H3,(H,17,22)/t12-/m0/s1. The molecule has 0 aromatic carbocycles. The molecule has 1 N–H and O–H groups in total. The Morgan fingerprint density at radius 1 is 1.35 bits per heavy atom. The number of rotatable bonds is 6. The fraction of sp³-hybridized carbons (Fsp3) is 0.312. The SMILES string of the molecule is C[C@H](NC(=O)CN(C)Cc1nnc2ccccn12)c1cccs1. The van der Waals surface area contributed by atoms with E-state index in [0.29, 0.717) is 13.1 Å². The van der Waals surface area contributed by atoms with Crippen LogP contribution in [-0.2, 0) is 11.3 Å². The molecule has 0 fully saturated rings. The summed E-state index contributed by atoms with van der Waals surface area (Å²) in [6.07, 6.45) is 1.93. The van der Waals surface area contributed by atoms with Crippen LogP contribution in [0.4, 0.5) is 0 Å². The molecule has 0 saturated carbocycles. The molecule has 3 aromatic heterocycles. The van der Waals surface area contributed by atoms with Crippen LogP contribution in [0.2, 0.25) is 0 Å². The second-order valence-electron chi connectivity index (χ2n) is 5.52. The molecule has 23 heavy (non-hydrogen) atoms. The molecular formula is C16H19N5OS. The monoisotopic (exact) mass is 329 g/mol. The first-order chi connectivity index (χ1) is 11.1. The van der Waals surface area contributed by atoms with E-state index in [4.69, 9.17) is 0 Å². The third-order valence-electron chi connectivity index (χ3n) is 3.56. The number of amides is 1. The summed E-state index contributed by atoms with van der Waals surface area (Å²) in [6, 6.07) is 9.83. The van der Waals surface area contributed by atoms with Gasteiger partial charge >= 0.3 is 0 Å². The number of nitrogens with zero attached hydrogens (tertiary/aromatic N) is 4. The fourth-order valence-electron chi connectivity index (χ4n) is 2.44. The van der Waals surface area contributed by atoms with Gasteiger partial charge in [0.1, 0.15) is 0 Å². The van der Waals surface area contributed by atoms with Crippen molar-refractivity contribution in [2.75, 3.05) is 13.6 Å². The Bertz CT molecular complexity index is 783. The van der Waals surface area contributed by atoms with E-state index in [-0.39, 0.29) is 11.9 Å². The fourth-order valence-corrected chi connectivity index (χ4v) is 3.17. The lowest BCUT2D eigenvalue weighted by atomic mass is 10.2. The van der Waals surface area contributed by atoms with Gasteiger partial charge in [0.2, 0.25) is 5.91 Å². The predicted molar refractivity (Wildman–Crippen MR) is 90.2 cm³/mol. The molecule has 1 atom stereocenters. The number of carbonyl (C=O) groups excluding carboxylic acids is 1. The van der Waals surface area contributed by atoms with Crippen molar-refractivity contribution < 1.29 is 4.79 Å². The first-order valence-corrected chi connectivity index (χ1v) is 8.31. The van der Waals surface area contributed by atoms with Gasteiger partial charge in [0.25, 0.3) is 0 Å². The number of fused-ring (bicyclic) bond motifs is 1. The summed E-state index contributed by atoms with van der Waals surface area (Å²) in [6.45, 7) is 2.87. The second-order valence-corrected chi connectivity index (χ2v) is 6.50. The molecule has 0 aliphatic rings. The minimum absolute atomic E-state index is 0.00206. The Labute approximate surface area is 138 Å². The molecule has 0 bridgehead atoms. The van der Waals surface area contributed by atoms with Crippen LogP contribution >= 0.6 is 11.3 Å². The van der Waals surface area contributed by atoms with Gasteiger partial charge in [-0.3, -0.25) is 14.1 Å². The van der Waals surface area contributed by atoms with E-state index in [1.54, 1.807) is 11.3 Å². The average molecular weight is 329 g/mol. The molecule has 0 unspecified atom stereocenters. The summed E-state index contributed by atoms with van der Waals surface area (Å²) >= 11 is 1.65. The van der Waals surface area contributed by atoms with Crippen LogP contribution < -0.4 is 5.32 Å². The van der Waals surface area contributed by atoms with Crippen LogP contribution in [0, 0.1) is 0 Å². The van der Waals surface area contributed by atoms with E-state index in [1.807, 2.05) is 65.2 Å². The first-order valence-electron chi connectivity index (χ1n) is 7.43. The Morgan fingerprint density at radius 2 is 2.22 bits per heavy atom. The average Bonchev–Trinajstić information content (AvgIpc) is 3.17. The molecule has 0 radical (unpaired) electrons. The van der Waals surface area contributed by atoms with Crippen molar-refractivity contribution in [3.8, 4) is 0 Å². The van der Waals surface area contributed by atoms with Gasteiger partial charge in [0, 0.05) is 11.1 Å². The summed E-state index contributed by atoms with van der Waals surface area (Å²) in [4.78, 5) is 15.2. The first kappa shape index (κ1) is 15.6. The lowest BCUT2D eigenvalue weighted by Crippen LogP contribution is -2.36. The van der Waals surface area contributed by atoms with Gasteiger partial charge < -0.3 is 5.32 Å². The normalized spacial score (nSPS) is 12.7. The summed E-state index contributed by atoms with van der Waals surface area (Å²) in [5.41, 5.74) is 0.812. The van der Waals surface area contributed by atoms with Crippen LogP contribution in [0.25, 0.3) is 5.65 Å². The highest BCUT2D eigenvalue weighted by Gasteiger charge is 2.14. The molecule has 0 aliphatic heterocycles. The number of pyridine rings is 1. The van der Waals surface area contributed by atoms with E-state index >= 15 is 0 Å². The number of thiophene rings is 1. The van der Waals surface area contributed by atoms with Crippen molar-refractivity contribution in [3.63, 3.8) is 0 Å². The highest BCUT2D eigenvalue weighted by Crippen LogP contribution is 2.17. The van der Waals surface area contributed by atoms with Crippen molar-refractivity contribution in [2.45, 2.75) is 19.5 Å². The van der Waals surface area contributed by atoms with Crippen molar-refractivity contribution >= 4 is 22.9 Å². The van der Waals surface area contributed by atoms with Crippen LogP contribution in [-0.4, -0.2) is 39.0 Å². The lowest BCUT2D eigenvalue weighted by Gasteiger charge is -2.17. The highest BCUT2D eigenvalue weighted by molar-refractivity contribution is 7.10. The van der Waals surface area contributed by atoms with Crippen molar-refractivity contribution in [1.29, 1.82) is 0 Å². The second kappa shape index (κ2) is 6.89. The third kappa shape index (κ3) is 3.75. The van der Waals surface area contributed by atoms with Gasteiger partial charge in [-0.15, -0.1) is 21.5 Å². The molecule has 3 aromatic rings. The number of likely N-dealkylation sites (N-methyl/N-ethyl adjacent to an activating group) is 1. The molecule has 6 nitrogen and oxygen atoms in total. The topological polar surface area (TPSA) is 62.5 Å².